The lowest BCUT2D eigenvalue weighted by Crippen LogP contribution is -2.40. The molecule has 1 fully saturated rings. The highest BCUT2D eigenvalue weighted by atomic mass is 16.2. The lowest BCUT2D eigenvalue weighted by atomic mass is 9.96. The van der Waals surface area contributed by atoms with Gasteiger partial charge in [0.15, 0.2) is 0 Å². The molecule has 3 nitrogen and oxygen atoms in total. The Kier molecular flexibility index (Phi) is 5.47. The molecule has 0 heterocycles. The van der Waals surface area contributed by atoms with Crippen LogP contribution in [0, 0.1) is 29.1 Å². The fraction of sp³-hybridized carbons (Fsp3) is 0.857. The largest absolute Gasteiger partial charge is 0.341 e. The molecule has 0 aromatic rings. The van der Waals surface area contributed by atoms with Crippen LogP contribution in [0.4, 0.5) is 0 Å². The molecule has 0 radical (unpaired) electrons. The predicted molar refractivity (Wildman–Crippen MR) is 68.2 cm³/mol. The van der Waals surface area contributed by atoms with E-state index in [9.17, 15) is 4.79 Å². The van der Waals surface area contributed by atoms with Crippen molar-refractivity contribution in [1.82, 2.24) is 4.90 Å². The van der Waals surface area contributed by atoms with Gasteiger partial charge in [0.25, 0.3) is 0 Å². The van der Waals surface area contributed by atoms with Gasteiger partial charge in [-0.2, -0.15) is 5.26 Å². The minimum atomic E-state index is 0.201. The Morgan fingerprint density at radius 3 is 2.65 bits per heavy atom. The molecule has 0 aliphatic heterocycles. The molecule has 1 aliphatic rings. The minimum absolute atomic E-state index is 0.201. The summed E-state index contributed by atoms with van der Waals surface area (Å²) in [5.74, 6) is 1.46. The molecule has 0 spiro atoms. The van der Waals surface area contributed by atoms with E-state index in [4.69, 9.17) is 5.26 Å². The van der Waals surface area contributed by atoms with Crippen molar-refractivity contribution in [3.05, 3.63) is 0 Å². The fourth-order valence-electron chi connectivity index (χ4n) is 2.66. The first-order valence-corrected chi connectivity index (χ1v) is 6.72. The van der Waals surface area contributed by atoms with Crippen LogP contribution in [0.15, 0.2) is 0 Å². The summed E-state index contributed by atoms with van der Waals surface area (Å²) in [6, 6.07) is 2.13. The van der Waals surface area contributed by atoms with Gasteiger partial charge in [-0.25, -0.2) is 0 Å². The van der Waals surface area contributed by atoms with Crippen molar-refractivity contribution in [2.45, 2.75) is 46.5 Å². The Morgan fingerprint density at radius 2 is 2.18 bits per heavy atom. The van der Waals surface area contributed by atoms with Gasteiger partial charge >= 0.3 is 0 Å². The Labute approximate surface area is 105 Å². The summed E-state index contributed by atoms with van der Waals surface area (Å²) < 4.78 is 0. The predicted octanol–water partition coefficient (Wildman–Crippen LogP) is 2.82. The second-order valence-electron chi connectivity index (χ2n) is 5.60. The third kappa shape index (κ3) is 4.03. The van der Waals surface area contributed by atoms with Crippen molar-refractivity contribution < 1.29 is 4.79 Å². The minimum Gasteiger partial charge on any atom is -0.341 e. The zero-order valence-electron chi connectivity index (χ0n) is 11.3. The molecule has 0 saturated heterocycles. The highest BCUT2D eigenvalue weighted by Gasteiger charge is 2.32. The number of carbonyl (C=O) groups is 1. The molecule has 3 heteroatoms. The SMILES string of the molecule is CC(C)CN(CCC#N)C(=O)C1CCCC1C. The quantitative estimate of drug-likeness (QED) is 0.736. The van der Waals surface area contributed by atoms with E-state index in [0.29, 0.717) is 24.8 Å². The van der Waals surface area contributed by atoms with Crippen molar-refractivity contribution in [3.63, 3.8) is 0 Å². The van der Waals surface area contributed by atoms with Crippen molar-refractivity contribution in [1.29, 1.82) is 5.26 Å². The molecule has 1 rings (SSSR count). The van der Waals surface area contributed by atoms with Crippen LogP contribution in [0.1, 0.15) is 46.5 Å². The van der Waals surface area contributed by atoms with E-state index >= 15 is 0 Å². The number of rotatable bonds is 5. The monoisotopic (exact) mass is 236 g/mol. The first-order valence-electron chi connectivity index (χ1n) is 6.72. The third-order valence-corrected chi connectivity index (χ3v) is 3.57. The third-order valence-electron chi connectivity index (χ3n) is 3.57. The molecular formula is C14H24N2O. The Bertz CT molecular complexity index is 293. The standard InChI is InChI=1S/C14H24N2O/c1-11(2)10-16(9-5-8-15)14(17)13-7-4-6-12(13)3/h11-13H,4-7,9-10H2,1-3H3. The van der Waals surface area contributed by atoms with E-state index in [1.807, 2.05) is 4.90 Å². The summed E-state index contributed by atoms with van der Waals surface area (Å²) in [6.45, 7) is 7.78. The molecule has 1 amide bonds. The van der Waals surface area contributed by atoms with Gasteiger partial charge in [0.05, 0.1) is 12.5 Å². The maximum atomic E-state index is 12.4. The van der Waals surface area contributed by atoms with Crippen LogP contribution in [0.5, 0.6) is 0 Å². The van der Waals surface area contributed by atoms with E-state index < -0.39 is 0 Å². The van der Waals surface area contributed by atoms with Crippen molar-refractivity contribution in [2.24, 2.45) is 17.8 Å². The first-order chi connectivity index (χ1) is 8.06. The zero-order valence-corrected chi connectivity index (χ0v) is 11.3. The number of amides is 1. The zero-order chi connectivity index (χ0) is 12.8. The molecule has 0 aromatic heterocycles. The van der Waals surface area contributed by atoms with Gasteiger partial charge in [-0.15, -0.1) is 0 Å². The van der Waals surface area contributed by atoms with E-state index in [2.05, 4.69) is 26.8 Å². The number of hydrogen-bond acceptors (Lipinski definition) is 2. The molecule has 2 unspecified atom stereocenters. The smallest absolute Gasteiger partial charge is 0.225 e. The van der Waals surface area contributed by atoms with Crippen LogP contribution in [-0.4, -0.2) is 23.9 Å². The number of nitrogens with zero attached hydrogens (tertiary/aromatic N) is 2. The summed E-state index contributed by atoms with van der Waals surface area (Å²) >= 11 is 0. The van der Waals surface area contributed by atoms with E-state index in [1.54, 1.807) is 0 Å². The van der Waals surface area contributed by atoms with Gasteiger partial charge in [-0.05, 0) is 24.7 Å². The van der Waals surface area contributed by atoms with E-state index in [0.717, 1.165) is 13.0 Å². The summed E-state index contributed by atoms with van der Waals surface area (Å²) in [4.78, 5) is 14.3. The van der Waals surface area contributed by atoms with Crippen LogP contribution in [0.3, 0.4) is 0 Å². The summed E-state index contributed by atoms with van der Waals surface area (Å²) in [5.41, 5.74) is 0. The van der Waals surface area contributed by atoms with Crippen LogP contribution in [-0.2, 0) is 4.79 Å². The average Bonchev–Trinajstić information content (AvgIpc) is 2.69. The van der Waals surface area contributed by atoms with Gasteiger partial charge in [0.2, 0.25) is 5.91 Å². The maximum Gasteiger partial charge on any atom is 0.225 e. The molecule has 1 aliphatic carbocycles. The Balaban J connectivity index is 2.61. The van der Waals surface area contributed by atoms with Crippen LogP contribution in [0.25, 0.3) is 0 Å². The second kappa shape index (κ2) is 6.64. The normalized spacial score (nSPS) is 23.7. The molecule has 17 heavy (non-hydrogen) atoms. The van der Waals surface area contributed by atoms with Gasteiger partial charge in [-0.3, -0.25) is 4.79 Å². The summed E-state index contributed by atoms with van der Waals surface area (Å²) in [6.07, 6.45) is 3.82. The van der Waals surface area contributed by atoms with Crippen molar-refractivity contribution in [3.8, 4) is 6.07 Å². The molecule has 0 aromatic carbocycles. The molecular weight excluding hydrogens is 212 g/mol. The van der Waals surface area contributed by atoms with Crippen LogP contribution >= 0.6 is 0 Å². The topological polar surface area (TPSA) is 44.1 Å². The van der Waals surface area contributed by atoms with Gasteiger partial charge in [0.1, 0.15) is 0 Å². The maximum absolute atomic E-state index is 12.4. The average molecular weight is 236 g/mol. The number of carbonyl (C=O) groups excluding carboxylic acids is 1. The Morgan fingerprint density at radius 1 is 1.47 bits per heavy atom. The van der Waals surface area contributed by atoms with Gasteiger partial charge < -0.3 is 4.90 Å². The number of nitriles is 1. The van der Waals surface area contributed by atoms with Crippen molar-refractivity contribution >= 4 is 5.91 Å². The van der Waals surface area contributed by atoms with Crippen molar-refractivity contribution in [2.75, 3.05) is 13.1 Å². The second-order valence-corrected chi connectivity index (χ2v) is 5.60. The number of hydrogen-bond donors (Lipinski definition) is 0. The highest BCUT2D eigenvalue weighted by molar-refractivity contribution is 5.79. The fourth-order valence-corrected chi connectivity index (χ4v) is 2.66. The van der Waals surface area contributed by atoms with E-state index in [1.165, 1.54) is 12.8 Å². The summed E-state index contributed by atoms with van der Waals surface area (Å²) in [7, 11) is 0. The molecule has 2 atom stereocenters. The van der Waals surface area contributed by atoms with Gasteiger partial charge in [0, 0.05) is 19.0 Å². The van der Waals surface area contributed by atoms with Gasteiger partial charge in [-0.1, -0.05) is 27.2 Å². The van der Waals surface area contributed by atoms with E-state index in [-0.39, 0.29) is 11.8 Å². The van der Waals surface area contributed by atoms with Crippen LogP contribution in [0.2, 0.25) is 0 Å². The lowest BCUT2D eigenvalue weighted by molar-refractivity contribution is -0.137. The molecule has 1 saturated carbocycles. The molecule has 96 valence electrons. The highest BCUT2D eigenvalue weighted by Crippen LogP contribution is 2.32. The Hall–Kier alpha value is -1.04. The van der Waals surface area contributed by atoms with Crippen LogP contribution < -0.4 is 0 Å². The molecule has 0 bridgehead atoms. The molecule has 0 N–H and O–H groups in total. The first kappa shape index (κ1) is 14.0. The lowest BCUT2D eigenvalue weighted by Gasteiger charge is -2.28. The summed E-state index contributed by atoms with van der Waals surface area (Å²) in [5, 5.41) is 8.66.